The molecule has 0 bridgehead atoms. The van der Waals surface area contributed by atoms with Gasteiger partial charge in [0.05, 0.1) is 30.6 Å². The van der Waals surface area contributed by atoms with Crippen molar-refractivity contribution in [2.24, 2.45) is 12.8 Å². The van der Waals surface area contributed by atoms with Crippen LogP contribution < -0.4 is 11.1 Å². The number of rotatable bonds is 6. The van der Waals surface area contributed by atoms with E-state index in [4.69, 9.17) is 10.5 Å². The Bertz CT molecular complexity index is 703. The smallest absolute Gasteiger partial charge is 0.274 e. The van der Waals surface area contributed by atoms with Gasteiger partial charge >= 0.3 is 0 Å². The topological polar surface area (TPSA) is 113 Å². The van der Waals surface area contributed by atoms with Crippen molar-refractivity contribution in [3.8, 4) is 0 Å². The predicted octanol–water partition coefficient (Wildman–Crippen LogP) is 0.572. The van der Waals surface area contributed by atoms with Crippen molar-refractivity contribution >= 4 is 5.91 Å². The van der Waals surface area contributed by atoms with Crippen LogP contribution in [0, 0.1) is 0 Å². The summed E-state index contributed by atoms with van der Waals surface area (Å²) in [4.78, 5) is 12.6. The van der Waals surface area contributed by atoms with Gasteiger partial charge in [0.2, 0.25) is 0 Å². The van der Waals surface area contributed by atoms with Crippen LogP contribution in [-0.2, 0) is 11.8 Å². The van der Waals surface area contributed by atoms with Crippen molar-refractivity contribution in [1.29, 1.82) is 0 Å². The maximum atomic E-state index is 12.6. The average Bonchev–Trinajstić information content (AvgIpc) is 3.24. The van der Waals surface area contributed by atoms with E-state index in [-0.39, 0.29) is 24.0 Å². The molecular formula is C16H25N7O2. The first-order valence-electron chi connectivity index (χ1n) is 8.53. The minimum Gasteiger partial charge on any atom is -0.382 e. The van der Waals surface area contributed by atoms with Crippen molar-refractivity contribution in [3.05, 3.63) is 29.8 Å². The van der Waals surface area contributed by atoms with Crippen molar-refractivity contribution in [2.75, 3.05) is 13.7 Å². The van der Waals surface area contributed by atoms with E-state index in [0.717, 1.165) is 31.4 Å². The van der Waals surface area contributed by atoms with Crippen LogP contribution in [0.1, 0.15) is 53.9 Å². The van der Waals surface area contributed by atoms with Crippen LogP contribution in [-0.4, -0.2) is 50.4 Å². The molecule has 1 fully saturated rings. The van der Waals surface area contributed by atoms with Gasteiger partial charge in [0, 0.05) is 26.4 Å². The molecule has 0 aliphatic heterocycles. The first-order chi connectivity index (χ1) is 12.1. The summed E-state index contributed by atoms with van der Waals surface area (Å²) in [6.07, 6.45) is 7.28. The fourth-order valence-electron chi connectivity index (χ4n) is 3.25. The van der Waals surface area contributed by atoms with E-state index >= 15 is 0 Å². The number of nitrogens with zero attached hydrogens (tertiary/aromatic N) is 5. The Morgan fingerprint density at radius 2 is 2.20 bits per heavy atom. The van der Waals surface area contributed by atoms with Gasteiger partial charge in [-0.3, -0.25) is 9.48 Å². The van der Waals surface area contributed by atoms with Crippen molar-refractivity contribution < 1.29 is 9.53 Å². The van der Waals surface area contributed by atoms with Crippen LogP contribution in [0.5, 0.6) is 0 Å². The molecule has 9 heteroatoms. The molecule has 136 valence electrons. The molecule has 3 rings (SSSR count). The lowest BCUT2D eigenvalue weighted by Gasteiger charge is -2.25. The summed E-state index contributed by atoms with van der Waals surface area (Å²) < 4.78 is 8.72. The van der Waals surface area contributed by atoms with Gasteiger partial charge in [-0.1, -0.05) is 5.21 Å². The monoisotopic (exact) mass is 347 g/mol. The Balaban J connectivity index is 1.67. The second-order valence-corrected chi connectivity index (χ2v) is 6.51. The maximum absolute atomic E-state index is 12.6. The molecule has 3 N–H and O–H groups in total. The SMILES string of the molecule is COC[C@H](NC(=O)c1cn(C2CCC(N)CC2)nn1)c1ccnn1C. The number of nitrogens with one attached hydrogen (secondary N) is 1. The Labute approximate surface area is 146 Å². The molecule has 0 spiro atoms. The molecule has 9 nitrogen and oxygen atoms in total. The number of aryl methyl sites for hydroxylation is 1. The highest BCUT2D eigenvalue weighted by atomic mass is 16.5. The van der Waals surface area contributed by atoms with Gasteiger partial charge in [0.25, 0.3) is 5.91 Å². The zero-order chi connectivity index (χ0) is 17.8. The molecule has 2 aromatic rings. The Hall–Kier alpha value is -2.26. The highest BCUT2D eigenvalue weighted by Gasteiger charge is 2.24. The number of carbonyl (C=O) groups is 1. The average molecular weight is 347 g/mol. The van der Waals surface area contributed by atoms with Crippen LogP contribution >= 0.6 is 0 Å². The number of aromatic nitrogens is 5. The normalized spacial score (nSPS) is 21.9. The van der Waals surface area contributed by atoms with Gasteiger partial charge in [-0.05, 0) is 31.7 Å². The molecule has 1 aliphatic rings. The molecule has 1 amide bonds. The third-order valence-corrected chi connectivity index (χ3v) is 4.71. The molecule has 1 atom stereocenters. The number of methoxy groups -OCH3 is 1. The molecule has 2 heterocycles. The first kappa shape index (κ1) is 17.6. The summed E-state index contributed by atoms with van der Waals surface area (Å²) >= 11 is 0. The predicted molar refractivity (Wildman–Crippen MR) is 90.8 cm³/mol. The number of nitrogens with two attached hydrogens (primary N) is 1. The van der Waals surface area contributed by atoms with Gasteiger partial charge in [0.15, 0.2) is 5.69 Å². The lowest BCUT2D eigenvalue weighted by atomic mass is 9.92. The third kappa shape index (κ3) is 4.05. The Morgan fingerprint density at radius 1 is 1.44 bits per heavy atom. The largest absolute Gasteiger partial charge is 0.382 e. The zero-order valence-electron chi connectivity index (χ0n) is 14.6. The summed E-state index contributed by atoms with van der Waals surface area (Å²) in [5.41, 5.74) is 7.11. The number of amides is 1. The number of ether oxygens (including phenoxy) is 1. The van der Waals surface area contributed by atoms with Crippen LogP contribution in [0.4, 0.5) is 0 Å². The van der Waals surface area contributed by atoms with Crippen molar-refractivity contribution in [2.45, 2.75) is 43.8 Å². The number of hydrogen-bond acceptors (Lipinski definition) is 6. The van der Waals surface area contributed by atoms with Gasteiger partial charge in [-0.2, -0.15) is 5.10 Å². The summed E-state index contributed by atoms with van der Waals surface area (Å²) in [6.45, 7) is 0.347. The number of carbonyl (C=O) groups excluding carboxylic acids is 1. The van der Waals surface area contributed by atoms with E-state index in [9.17, 15) is 4.79 Å². The van der Waals surface area contributed by atoms with E-state index in [1.54, 1.807) is 28.9 Å². The van der Waals surface area contributed by atoms with Crippen molar-refractivity contribution in [1.82, 2.24) is 30.1 Å². The fourth-order valence-corrected chi connectivity index (χ4v) is 3.25. The highest BCUT2D eigenvalue weighted by molar-refractivity contribution is 5.92. The van der Waals surface area contributed by atoms with E-state index in [0.29, 0.717) is 12.3 Å². The van der Waals surface area contributed by atoms with E-state index in [1.807, 2.05) is 13.1 Å². The van der Waals surface area contributed by atoms with Crippen LogP contribution in [0.2, 0.25) is 0 Å². The fraction of sp³-hybridized carbons (Fsp3) is 0.625. The third-order valence-electron chi connectivity index (χ3n) is 4.71. The summed E-state index contributed by atoms with van der Waals surface area (Å²) in [5.74, 6) is -0.276. The molecule has 1 aliphatic carbocycles. The molecule has 0 aromatic carbocycles. The van der Waals surface area contributed by atoms with Crippen LogP contribution in [0.15, 0.2) is 18.5 Å². The maximum Gasteiger partial charge on any atom is 0.274 e. The Kier molecular flexibility index (Phi) is 5.44. The highest BCUT2D eigenvalue weighted by Crippen LogP contribution is 2.26. The summed E-state index contributed by atoms with van der Waals surface area (Å²) in [5, 5.41) is 15.2. The zero-order valence-corrected chi connectivity index (χ0v) is 14.6. The molecule has 0 radical (unpaired) electrons. The Morgan fingerprint density at radius 3 is 2.84 bits per heavy atom. The van der Waals surface area contributed by atoms with E-state index < -0.39 is 0 Å². The van der Waals surface area contributed by atoms with Crippen LogP contribution in [0.3, 0.4) is 0 Å². The lowest BCUT2D eigenvalue weighted by molar-refractivity contribution is 0.0887. The molecule has 25 heavy (non-hydrogen) atoms. The van der Waals surface area contributed by atoms with E-state index in [1.165, 1.54) is 0 Å². The molecule has 2 aromatic heterocycles. The molecular weight excluding hydrogens is 322 g/mol. The van der Waals surface area contributed by atoms with Gasteiger partial charge in [0.1, 0.15) is 0 Å². The second-order valence-electron chi connectivity index (χ2n) is 6.51. The van der Waals surface area contributed by atoms with Gasteiger partial charge in [-0.25, -0.2) is 4.68 Å². The standard InChI is InChI=1S/C16H25N7O2/c1-22-15(7-8-18-22)14(10-25-2)19-16(24)13-9-23(21-20-13)12-5-3-11(17)4-6-12/h7-9,11-12,14H,3-6,10,17H2,1-2H3,(H,19,24)/t11?,12?,14-/m0/s1. The molecule has 0 saturated heterocycles. The first-order valence-corrected chi connectivity index (χ1v) is 8.53. The van der Waals surface area contributed by atoms with Crippen LogP contribution in [0.25, 0.3) is 0 Å². The van der Waals surface area contributed by atoms with Crippen molar-refractivity contribution in [3.63, 3.8) is 0 Å². The quantitative estimate of drug-likeness (QED) is 0.790. The van der Waals surface area contributed by atoms with Gasteiger partial charge < -0.3 is 15.8 Å². The minimum absolute atomic E-state index is 0.265. The van der Waals surface area contributed by atoms with Gasteiger partial charge in [-0.15, -0.1) is 5.10 Å². The lowest BCUT2D eigenvalue weighted by Crippen LogP contribution is -2.33. The summed E-state index contributed by atoms with van der Waals surface area (Å²) in [6, 6.07) is 2.09. The number of hydrogen-bond donors (Lipinski definition) is 2. The minimum atomic E-state index is -0.303. The summed E-state index contributed by atoms with van der Waals surface area (Å²) in [7, 11) is 3.42. The second kappa shape index (κ2) is 7.75. The molecule has 0 unspecified atom stereocenters. The van der Waals surface area contributed by atoms with E-state index in [2.05, 4.69) is 20.7 Å². The molecule has 1 saturated carbocycles.